The number of aromatic nitrogens is 1. The molecule has 2 N–H and O–H groups in total. The number of hydrogen-bond acceptors (Lipinski definition) is 2. The highest BCUT2D eigenvalue weighted by Gasteiger charge is 2.08. The molecule has 0 saturated carbocycles. The van der Waals surface area contributed by atoms with Crippen LogP contribution in [0.4, 0.5) is 0 Å². The van der Waals surface area contributed by atoms with E-state index < -0.39 is 0 Å². The molecule has 1 unspecified atom stereocenters. The van der Waals surface area contributed by atoms with E-state index in [0.717, 1.165) is 17.3 Å². The van der Waals surface area contributed by atoms with E-state index in [1.165, 1.54) is 21.3 Å². The molecule has 20 heavy (non-hydrogen) atoms. The Bertz CT molecular complexity index is 701. The third-order valence-electron chi connectivity index (χ3n) is 3.54. The number of thiophene rings is 1. The average Bonchev–Trinajstić information content (AvgIpc) is 3.06. The van der Waals surface area contributed by atoms with Crippen molar-refractivity contribution in [2.75, 3.05) is 6.54 Å². The quantitative estimate of drug-likeness (QED) is 0.698. The summed E-state index contributed by atoms with van der Waals surface area (Å²) < 4.78 is 0.852. The molecule has 0 aliphatic heterocycles. The van der Waals surface area contributed by atoms with Gasteiger partial charge < -0.3 is 10.3 Å². The fourth-order valence-electron chi connectivity index (χ4n) is 2.42. The van der Waals surface area contributed by atoms with Crippen molar-refractivity contribution >= 4 is 33.8 Å². The highest BCUT2D eigenvalue weighted by atomic mass is 35.5. The largest absolute Gasteiger partial charge is 0.361 e. The minimum absolute atomic E-state index is 0.345. The van der Waals surface area contributed by atoms with Crippen LogP contribution in [0.3, 0.4) is 0 Å². The maximum Gasteiger partial charge on any atom is 0.0931 e. The number of para-hydroxylation sites is 1. The van der Waals surface area contributed by atoms with Gasteiger partial charge in [-0.2, -0.15) is 0 Å². The normalized spacial score (nSPS) is 12.9. The summed E-state index contributed by atoms with van der Waals surface area (Å²) in [5.41, 5.74) is 2.57. The maximum absolute atomic E-state index is 5.97. The Kier molecular flexibility index (Phi) is 4.10. The molecule has 104 valence electrons. The van der Waals surface area contributed by atoms with Gasteiger partial charge in [0, 0.05) is 28.0 Å². The molecule has 0 fully saturated rings. The number of rotatable bonds is 5. The monoisotopic (exact) mass is 304 g/mol. The summed E-state index contributed by atoms with van der Waals surface area (Å²) in [5.74, 6) is 0. The highest BCUT2D eigenvalue weighted by molar-refractivity contribution is 7.16. The van der Waals surface area contributed by atoms with E-state index in [9.17, 15) is 0 Å². The van der Waals surface area contributed by atoms with Crippen molar-refractivity contribution in [3.63, 3.8) is 0 Å². The molecule has 2 heterocycles. The third kappa shape index (κ3) is 2.90. The van der Waals surface area contributed by atoms with Gasteiger partial charge in [-0.1, -0.05) is 29.8 Å². The fraction of sp³-hybridized carbons (Fsp3) is 0.250. The molecule has 2 aromatic heterocycles. The molecule has 0 spiro atoms. The molecule has 0 radical (unpaired) electrons. The van der Waals surface area contributed by atoms with E-state index in [2.05, 4.69) is 53.8 Å². The van der Waals surface area contributed by atoms with Crippen LogP contribution in [0.2, 0.25) is 4.34 Å². The van der Waals surface area contributed by atoms with Crippen molar-refractivity contribution < 1.29 is 0 Å². The molecule has 1 atom stereocenters. The molecule has 2 nitrogen and oxygen atoms in total. The molecular weight excluding hydrogens is 288 g/mol. The van der Waals surface area contributed by atoms with Crippen molar-refractivity contribution in [2.45, 2.75) is 19.4 Å². The van der Waals surface area contributed by atoms with Gasteiger partial charge in [0.15, 0.2) is 0 Å². The van der Waals surface area contributed by atoms with Crippen LogP contribution in [-0.4, -0.2) is 11.5 Å². The number of H-pyrrole nitrogens is 1. The number of halogens is 1. The van der Waals surface area contributed by atoms with E-state index in [1.807, 2.05) is 6.07 Å². The van der Waals surface area contributed by atoms with Gasteiger partial charge in [0.1, 0.15) is 0 Å². The Hall–Kier alpha value is -1.29. The van der Waals surface area contributed by atoms with Crippen molar-refractivity contribution in [3.8, 4) is 0 Å². The van der Waals surface area contributed by atoms with Crippen molar-refractivity contribution in [3.05, 3.63) is 57.4 Å². The molecule has 0 bridgehead atoms. The summed E-state index contributed by atoms with van der Waals surface area (Å²) in [5, 5.41) is 4.87. The molecule has 3 aromatic rings. The number of hydrogen-bond donors (Lipinski definition) is 2. The van der Waals surface area contributed by atoms with Crippen LogP contribution in [-0.2, 0) is 6.42 Å². The van der Waals surface area contributed by atoms with Crippen molar-refractivity contribution in [1.29, 1.82) is 0 Å². The minimum atomic E-state index is 0.345. The summed E-state index contributed by atoms with van der Waals surface area (Å²) in [7, 11) is 0. The first-order valence-electron chi connectivity index (χ1n) is 6.77. The first kappa shape index (κ1) is 13.7. The first-order chi connectivity index (χ1) is 9.74. The maximum atomic E-state index is 5.97. The van der Waals surface area contributed by atoms with Gasteiger partial charge in [0.05, 0.1) is 4.34 Å². The number of benzene rings is 1. The predicted octanol–water partition coefficient (Wildman–Crippen LogP) is 4.78. The first-order valence-corrected chi connectivity index (χ1v) is 7.97. The van der Waals surface area contributed by atoms with Gasteiger partial charge in [-0.25, -0.2) is 0 Å². The van der Waals surface area contributed by atoms with Crippen LogP contribution < -0.4 is 5.32 Å². The zero-order valence-electron chi connectivity index (χ0n) is 11.3. The van der Waals surface area contributed by atoms with Gasteiger partial charge in [0.25, 0.3) is 0 Å². The van der Waals surface area contributed by atoms with Crippen molar-refractivity contribution in [1.82, 2.24) is 10.3 Å². The van der Waals surface area contributed by atoms with Crippen LogP contribution in [0.1, 0.15) is 23.4 Å². The standard InChI is InChI=1S/C16H17ClN2S/c1-11(15-6-7-16(17)20-15)18-9-8-12-10-19-14-5-3-2-4-13(12)14/h2-7,10-11,18-19H,8-9H2,1H3. The lowest BCUT2D eigenvalue weighted by Gasteiger charge is -2.11. The minimum Gasteiger partial charge on any atom is -0.361 e. The van der Waals surface area contributed by atoms with Gasteiger partial charge in [-0.15, -0.1) is 11.3 Å². The van der Waals surface area contributed by atoms with Crippen molar-refractivity contribution in [2.24, 2.45) is 0 Å². The van der Waals surface area contributed by atoms with E-state index in [0.29, 0.717) is 6.04 Å². The van der Waals surface area contributed by atoms with E-state index in [1.54, 1.807) is 11.3 Å². The zero-order chi connectivity index (χ0) is 13.9. The van der Waals surface area contributed by atoms with Crippen LogP contribution in [0.5, 0.6) is 0 Å². The lowest BCUT2D eigenvalue weighted by atomic mass is 10.1. The Morgan fingerprint density at radius 2 is 2.10 bits per heavy atom. The molecule has 3 rings (SSSR count). The van der Waals surface area contributed by atoms with Crippen LogP contribution in [0.25, 0.3) is 10.9 Å². The van der Waals surface area contributed by atoms with Crippen LogP contribution in [0.15, 0.2) is 42.6 Å². The topological polar surface area (TPSA) is 27.8 Å². The summed E-state index contributed by atoms with van der Waals surface area (Å²) >= 11 is 7.61. The van der Waals surface area contributed by atoms with E-state index >= 15 is 0 Å². The van der Waals surface area contributed by atoms with Crippen LogP contribution in [0, 0.1) is 0 Å². The van der Waals surface area contributed by atoms with Gasteiger partial charge >= 0.3 is 0 Å². The molecule has 0 amide bonds. The highest BCUT2D eigenvalue weighted by Crippen LogP contribution is 2.26. The summed E-state index contributed by atoms with van der Waals surface area (Å²) in [6.07, 6.45) is 3.13. The second-order valence-corrected chi connectivity index (χ2v) is 6.67. The lowest BCUT2D eigenvalue weighted by Crippen LogP contribution is -2.20. The number of nitrogens with one attached hydrogen (secondary N) is 2. The summed E-state index contributed by atoms with van der Waals surface area (Å²) in [4.78, 5) is 4.60. The van der Waals surface area contributed by atoms with E-state index in [4.69, 9.17) is 11.6 Å². The van der Waals surface area contributed by atoms with Gasteiger partial charge in [0.2, 0.25) is 0 Å². The Labute approximate surface area is 127 Å². The second-order valence-electron chi connectivity index (χ2n) is 4.93. The molecule has 0 aliphatic carbocycles. The Morgan fingerprint density at radius 3 is 2.90 bits per heavy atom. The Balaban J connectivity index is 1.60. The molecular formula is C16H17ClN2S. The zero-order valence-corrected chi connectivity index (χ0v) is 12.9. The summed E-state index contributed by atoms with van der Waals surface area (Å²) in [6.45, 7) is 3.13. The van der Waals surface area contributed by atoms with Gasteiger partial charge in [-0.05, 0) is 43.7 Å². The smallest absolute Gasteiger partial charge is 0.0931 e. The molecule has 1 aromatic carbocycles. The predicted molar refractivity (Wildman–Crippen MR) is 87.7 cm³/mol. The van der Waals surface area contributed by atoms with Gasteiger partial charge in [-0.3, -0.25) is 0 Å². The average molecular weight is 305 g/mol. The Morgan fingerprint density at radius 1 is 1.25 bits per heavy atom. The SMILES string of the molecule is CC(NCCc1c[nH]c2ccccc12)c1ccc(Cl)s1. The lowest BCUT2D eigenvalue weighted by molar-refractivity contribution is 0.585. The molecule has 4 heteroatoms. The summed E-state index contributed by atoms with van der Waals surface area (Å²) in [6, 6.07) is 12.8. The van der Waals surface area contributed by atoms with Crippen LogP contribution >= 0.6 is 22.9 Å². The number of fused-ring (bicyclic) bond motifs is 1. The third-order valence-corrected chi connectivity index (χ3v) is 4.95. The molecule has 0 saturated heterocycles. The second kappa shape index (κ2) is 6.00. The molecule has 0 aliphatic rings. The van der Waals surface area contributed by atoms with E-state index in [-0.39, 0.29) is 0 Å². The fourth-order valence-corrected chi connectivity index (χ4v) is 3.51. The number of aromatic amines is 1.